The van der Waals surface area contributed by atoms with Crippen LogP contribution in [0.1, 0.15) is 25.3 Å². The van der Waals surface area contributed by atoms with Gasteiger partial charge in [-0.25, -0.2) is 4.39 Å². The molecule has 2 rings (SSSR count). The highest BCUT2D eigenvalue weighted by Crippen LogP contribution is 2.38. The molecule has 0 aliphatic carbocycles. The molecule has 2 nitrogen and oxygen atoms in total. The first-order valence-electron chi connectivity index (χ1n) is 5.46. The summed E-state index contributed by atoms with van der Waals surface area (Å²) in [5.41, 5.74) is 0.402. The number of carbonyl (C=O) groups excluding carboxylic acids is 1. The summed E-state index contributed by atoms with van der Waals surface area (Å²) in [6, 6.07) is 6.75. The SMILES string of the molecule is CC(=O)CCC1(c2ccccc2F)COC1. The molecule has 1 fully saturated rings. The van der Waals surface area contributed by atoms with Crippen LogP contribution in [0.2, 0.25) is 0 Å². The highest BCUT2D eigenvalue weighted by atomic mass is 19.1. The molecule has 3 heteroatoms. The molecular weight excluding hydrogens is 207 g/mol. The Hall–Kier alpha value is -1.22. The van der Waals surface area contributed by atoms with Crippen LogP contribution in [0, 0.1) is 5.82 Å². The van der Waals surface area contributed by atoms with Gasteiger partial charge in [0.25, 0.3) is 0 Å². The monoisotopic (exact) mass is 222 g/mol. The van der Waals surface area contributed by atoms with Gasteiger partial charge in [-0.3, -0.25) is 0 Å². The summed E-state index contributed by atoms with van der Waals surface area (Å²) in [6.45, 7) is 2.59. The molecule has 1 aliphatic rings. The number of halogens is 1. The Morgan fingerprint density at radius 3 is 2.62 bits per heavy atom. The topological polar surface area (TPSA) is 26.3 Å². The van der Waals surface area contributed by atoms with Gasteiger partial charge in [0, 0.05) is 11.8 Å². The van der Waals surface area contributed by atoms with E-state index in [9.17, 15) is 9.18 Å². The van der Waals surface area contributed by atoms with E-state index < -0.39 is 0 Å². The molecule has 0 atom stereocenters. The lowest BCUT2D eigenvalue weighted by Crippen LogP contribution is -2.47. The van der Waals surface area contributed by atoms with Crippen molar-refractivity contribution in [2.45, 2.75) is 25.2 Å². The third-order valence-electron chi connectivity index (χ3n) is 3.16. The van der Waals surface area contributed by atoms with Crippen molar-refractivity contribution in [3.8, 4) is 0 Å². The summed E-state index contributed by atoms with van der Waals surface area (Å²) in [7, 11) is 0. The Labute approximate surface area is 94.4 Å². The van der Waals surface area contributed by atoms with Crippen molar-refractivity contribution in [2.75, 3.05) is 13.2 Å². The normalized spacial score (nSPS) is 17.9. The Kier molecular flexibility index (Phi) is 3.06. The van der Waals surface area contributed by atoms with E-state index in [1.165, 1.54) is 6.07 Å². The van der Waals surface area contributed by atoms with Crippen molar-refractivity contribution in [2.24, 2.45) is 0 Å². The number of carbonyl (C=O) groups is 1. The minimum atomic E-state index is -0.281. The molecule has 0 N–H and O–H groups in total. The van der Waals surface area contributed by atoms with Gasteiger partial charge in [-0.1, -0.05) is 18.2 Å². The van der Waals surface area contributed by atoms with Crippen LogP contribution in [0.25, 0.3) is 0 Å². The molecule has 1 aromatic carbocycles. The van der Waals surface area contributed by atoms with Crippen LogP contribution in [0.3, 0.4) is 0 Å². The third kappa shape index (κ3) is 2.00. The first-order valence-corrected chi connectivity index (χ1v) is 5.46. The van der Waals surface area contributed by atoms with Gasteiger partial charge in [-0.2, -0.15) is 0 Å². The first-order chi connectivity index (χ1) is 7.64. The first kappa shape index (κ1) is 11.3. The standard InChI is InChI=1S/C13H15FO2/c1-10(15)6-7-13(8-16-9-13)11-4-2-3-5-12(11)14/h2-5H,6-9H2,1H3. The summed E-state index contributed by atoms with van der Waals surface area (Å²) in [5, 5.41) is 0. The molecule has 0 aromatic heterocycles. The summed E-state index contributed by atoms with van der Waals surface area (Å²) in [5.74, 6) is -0.0584. The number of ketones is 1. The quantitative estimate of drug-likeness (QED) is 0.782. The van der Waals surface area contributed by atoms with Crippen molar-refractivity contribution in [3.63, 3.8) is 0 Å². The molecule has 0 bridgehead atoms. The summed E-state index contributed by atoms with van der Waals surface area (Å²) in [6.07, 6.45) is 1.15. The fraction of sp³-hybridized carbons (Fsp3) is 0.462. The Morgan fingerprint density at radius 1 is 1.44 bits per heavy atom. The van der Waals surface area contributed by atoms with Crippen molar-refractivity contribution in [1.29, 1.82) is 0 Å². The van der Waals surface area contributed by atoms with Crippen molar-refractivity contribution in [1.82, 2.24) is 0 Å². The fourth-order valence-corrected chi connectivity index (χ4v) is 2.09. The fourth-order valence-electron chi connectivity index (χ4n) is 2.09. The van der Waals surface area contributed by atoms with Crippen molar-refractivity contribution in [3.05, 3.63) is 35.6 Å². The van der Waals surface area contributed by atoms with Crippen LogP contribution in [0.15, 0.2) is 24.3 Å². The van der Waals surface area contributed by atoms with Gasteiger partial charge in [0.05, 0.1) is 13.2 Å². The van der Waals surface area contributed by atoms with Crippen LogP contribution < -0.4 is 0 Å². The Morgan fingerprint density at radius 2 is 2.12 bits per heavy atom. The molecule has 0 spiro atoms. The predicted octanol–water partition coefficient (Wildman–Crippen LogP) is 2.46. The van der Waals surface area contributed by atoms with Crippen LogP contribution in [-0.4, -0.2) is 19.0 Å². The molecule has 0 amide bonds. The van der Waals surface area contributed by atoms with Gasteiger partial charge in [-0.05, 0) is 25.0 Å². The highest BCUT2D eigenvalue weighted by molar-refractivity contribution is 5.75. The molecule has 1 aliphatic heterocycles. The number of rotatable bonds is 4. The van der Waals surface area contributed by atoms with E-state index in [4.69, 9.17) is 4.74 Å². The molecular formula is C13H15FO2. The van der Waals surface area contributed by atoms with Crippen LogP contribution in [0.4, 0.5) is 4.39 Å². The van der Waals surface area contributed by atoms with E-state index in [1.54, 1.807) is 19.1 Å². The summed E-state index contributed by atoms with van der Waals surface area (Å²) >= 11 is 0. The average molecular weight is 222 g/mol. The van der Waals surface area contributed by atoms with E-state index in [-0.39, 0.29) is 17.0 Å². The van der Waals surface area contributed by atoms with E-state index in [2.05, 4.69) is 0 Å². The average Bonchev–Trinajstić information content (AvgIpc) is 2.18. The molecule has 1 aromatic rings. The minimum Gasteiger partial charge on any atom is -0.379 e. The van der Waals surface area contributed by atoms with Crippen LogP contribution in [0.5, 0.6) is 0 Å². The maximum atomic E-state index is 13.7. The summed E-state index contributed by atoms with van der Waals surface area (Å²) in [4.78, 5) is 11.0. The van der Waals surface area contributed by atoms with E-state index in [1.807, 2.05) is 6.07 Å². The second-order valence-corrected chi connectivity index (χ2v) is 4.45. The smallest absolute Gasteiger partial charge is 0.129 e. The zero-order valence-electron chi connectivity index (χ0n) is 9.33. The van der Waals surface area contributed by atoms with Gasteiger partial charge < -0.3 is 9.53 Å². The number of hydrogen-bond acceptors (Lipinski definition) is 2. The summed E-state index contributed by atoms with van der Waals surface area (Å²) < 4.78 is 18.9. The maximum Gasteiger partial charge on any atom is 0.129 e. The predicted molar refractivity (Wildman–Crippen MR) is 58.8 cm³/mol. The second kappa shape index (κ2) is 4.34. The van der Waals surface area contributed by atoms with E-state index in [0.717, 1.165) is 0 Å². The van der Waals surface area contributed by atoms with Crippen LogP contribution >= 0.6 is 0 Å². The molecule has 16 heavy (non-hydrogen) atoms. The Bertz CT molecular complexity index is 397. The Balaban J connectivity index is 2.21. The molecule has 0 radical (unpaired) electrons. The number of benzene rings is 1. The van der Waals surface area contributed by atoms with Gasteiger partial charge in [0.15, 0.2) is 0 Å². The minimum absolute atomic E-state index is 0.141. The molecule has 1 saturated heterocycles. The van der Waals surface area contributed by atoms with Gasteiger partial charge >= 0.3 is 0 Å². The zero-order valence-corrected chi connectivity index (χ0v) is 9.33. The van der Waals surface area contributed by atoms with Crippen molar-refractivity contribution < 1.29 is 13.9 Å². The second-order valence-electron chi connectivity index (χ2n) is 4.45. The van der Waals surface area contributed by atoms with E-state index in [0.29, 0.717) is 31.6 Å². The number of ether oxygens (including phenoxy) is 1. The van der Waals surface area contributed by atoms with Crippen molar-refractivity contribution >= 4 is 5.78 Å². The maximum absolute atomic E-state index is 13.7. The number of Topliss-reactive ketones (excluding diaryl/α,β-unsaturated/α-hetero) is 1. The zero-order chi connectivity index (χ0) is 11.6. The largest absolute Gasteiger partial charge is 0.379 e. The lowest BCUT2D eigenvalue weighted by Gasteiger charge is -2.42. The lowest BCUT2D eigenvalue weighted by atomic mass is 9.74. The van der Waals surface area contributed by atoms with Gasteiger partial charge in [-0.15, -0.1) is 0 Å². The molecule has 86 valence electrons. The van der Waals surface area contributed by atoms with Crippen LogP contribution in [-0.2, 0) is 14.9 Å². The lowest BCUT2D eigenvalue weighted by molar-refractivity contribution is -0.119. The number of hydrogen-bond donors (Lipinski definition) is 0. The van der Waals surface area contributed by atoms with Gasteiger partial charge in [0.1, 0.15) is 11.6 Å². The molecule has 0 saturated carbocycles. The highest BCUT2D eigenvalue weighted by Gasteiger charge is 2.41. The molecule has 0 unspecified atom stereocenters. The third-order valence-corrected chi connectivity index (χ3v) is 3.16. The van der Waals surface area contributed by atoms with E-state index >= 15 is 0 Å². The molecule has 1 heterocycles. The van der Waals surface area contributed by atoms with Gasteiger partial charge in [0.2, 0.25) is 0 Å².